The van der Waals surface area contributed by atoms with Gasteiger partial charge in [0.05, 0.1) is 9.39 Å². The molecule has 0 aliphatic heterocycles. The standard InChI is InChI=1S/C24H28N2O2S2/c1-14-6-8-16-17(10-14)23(29)30-22(18(16)12-25)26-21(27)13-28-20-9-7-15(2)11-19(20)24(3,4)5/h7,9,11,14H,6,8,10,13H2,1-5H3,(H,26,27). The molecule has 30 heavy (non-hydrogen) atoms. The van der Waals surface area contributed by atoms with Gasteiger partial charge < -0.3 is 10.1 Å². The molecule has 1 atom stereocenters. The number of nitrogens with one attached hydrogen (secondary N) is 1. The molecule has 1 unspecified atom stereocenters. The van der Waals surface area contributed by atoms with Gasteiger partial charge in [-0.2, -0.15) is 5.26 Å². The van der Waals surface area contributed by atoms with Gasteiger partial charge in [0.1, 0.15) is 16.8 Å². The summed E-state index contributed by atoms with van der Waals surface area (Å²) in [7, 11) is 0. The van der Waals surface area contributed by atoms with Crippen molar-refractivity contribution < 1.29 is 9.53 Å². The Morgan fingerprint density at radius 1 is 1.37 bits per heavy atom. The van der Waals surface area contributed by atoms with Crippen molar-refractivity contribution in [3.8, 4) is 11.8 Å². The van der Waals surface area contributed by atoms with Crippen LogP contribution in [-0.2, 0) is 23.1 Å². The van der Waals surface area contributed by atoms with Gasteiger partial charge in [0.25, 0.3) is 5.91 Å². The van der Waals surface area contributed by atoms with E-state index in [-0.39, 0.29) is 17.9 Å². The van der Waals surface area contributed by atoms with E-state index in [1.165, 1.54) is 11.3 Å². The van der Waals surface area contributed by atoms with Gasteiger partial charge in [-0.1, -0.05) is 57.6 Å². The number of carbonyl (C=O) groups is 1. The monoisotopic (exact) mass is 440 g/mol. The Bertz CT molecular complexity index is 1070. The minimum atomic E-state index is -0.290. The summed E-state index contributed by atoms with van der Waals surface area (Å²) >= 11 is 6.89. The second kappa shape index (κ2) is 8.87. The topological polar surface area (TPSA) is 62.1 Å². The third kappa shape index (κ3) is 4.91. The van der Waals surface area contributed by atoms with E-state index in [9.17, 15) is 10.1 Å². The zero-order valence-electron chi connectivity index (χ0n) is 18.2. The largest absolute Gasteiger partial charge is 0.483 e. The molecule has 0 fully saturated rings. The normalized spacial score (nSPS) is 15.8. The van der Waals surface area contributed by atoms with Crippen LogP contribution >= 0.6 is 23.6 Å². The molecule has 0 spiro atoms. The lowest BCUT2D eigenvalue weighted by atomic mass is 9.85. The number of aryl methyl sites for hydroxylation is 1. The fraction of sp³-hybridized carbons (Fsp3) is 0.458. The van der Waals surface area contributed by atoms with Crippen molar-refractivity contribution in [2.24, 2.45) is 5.92 Å². The molecule has 3 rings (SSSR count). The van der Waals surface area contributed by atoms with Crippen LogP contribution in [0.1, 0.15) is 61.9 Å². The maximum atomic E-state index is 12.6. The van der Waals surface area contributed by atoms with Crippen molar-refractivity contribution in [3.05, 3.63) is 49.8 Å². The summed E-state index contributed by atoms with van der Waals surface area (Å²) in [5.74, 6) is 0.982. The minimum Gasteiger partial charge on any atom is -0.483 e. The molecule has 1 N–H and O–H groups in total. The molecule has 2 aromatic rings. The number of carbonyl (C=O) groups excluding carboxylic acids is 1. The molecule has 1 amide bonds. The molecule has 0 saturated carbocycles. The van der Waals surface area contributed by atoms with Gasteiger partial charge in [-0.05, 0) is 60.3 Å². The zero-order chi connectivity index (χ0) is 22.1. The number of hydrogen-bond acceptors (Lipinski definition) is 5. The molecule has 0 saturated heterocycles. The van der Waals surface area contributed by atoms with Crippen molar-refractivity contribution in [3.63, 3.8) is 0 Å². The summed E-state index contributed by atoms with van der Waals surface area (Å²) in [5.41, 5.74) is 4.78. The molecule has 1 aliphatic carbocycles. The Morgan fingerprint density at radius 2 is 2.10 bits per heavy atom. The van der Waals surface area contributed by atoms with E-state index in [1.54, 1.807) is 0 Å². The second-order valence-electron chi connectivity index (χ2n) is 9.10. The molecule has 4 nitrogen and oxygen atoms in total. The average Bonchev–Trinajstić information content (AvgIpc) is 2.67. The third-order valence-corrected chi connectivity index (χ3v) is 6.88. The number of rotatable bonds is 4. The number of anilines is 1. The number of nitrogens with zero attached hydrogens (tertiary/aromatic N) is 1. The summed E-state index contributed by atoms with van der Waals surface area (Å²) in [6.45, 7) is 10.5. The molecule has 1 aromatic carbocycles. The highest BCUT2D eigenvalue weighted by Crippen LogP contribution is 2.36. The Balaban J connectivity index is 1.79. The Morgan fingerprint density at radius 3 is 2.77 bits per heavy atom. The maximum Gasteiger partial charge on any atom is 0.262 e. The van der Waals surface area contributed by atoms with Crippen LogP contribution in [0.4, 0.5) is 5.00 Å². The summed E-state index contributed by atoms with van der Waals surface area (Å²) < 4.78 is 6.63. The lowest BCUT2D eigenvalue weighted by Crippen LogP contribution is -2.23. The van der Waals surface area contributed by atoms with E-state index in [1.807, 2.05) is 19.1 Å². The number of ether oxygens (including phenoxy) is 1. The van der Waals surface area contributed by atoms with Crippen LogP contribution in [0.15, 0.2) is 18.2 Å². The van der Waals surface area contributed by atoms with Gasteiger partial charge in [-0.15, -0.1) is 11.3 Å². The predicted molar refractivity (Wildman–Crippen MR) is 125 cm³/mol. The second-order valence-corrected chi connectivity index (χ2v) is 10.8. The highest BCUT2D eigenvalue weighted by molar-refractivity contribution is 7.73. The molecular formula is C24H28N2O2S2. The first kappa shape index (κ1) is 22.5. The summed E-state index contributed by atoms with van der Waals surface area (Å²) in [6, 6.07) is 8.27. The summed E-state index contributed by atoms with van der Waals surface area (Å²) in [6.07, 6.45) is 2.76. The van der Waals surface area contributed by atoms with E-state index in [0.29, 0.717) is 22.2 Å². The Labute approximate surface area is 187 Å². The lowest BCUT2D eigenvalue weighted by Gasteiger charge is -2.24. The van der Waals surface area contributed by atoms with Crippen LogP contribution in [0.2, 0.25) is 0 Å². The van der Waals surface area contributed by atoms with Crippen molar-refractivity contribution >= 4 is 34.5 Å². The van der Waals surface area contributed by atoms with Crippen LogP contribution in [0.5, 0.6) is 5.75 Å². The van der Waals surface area contributed by atoms with Crippen LogP contribution in [0.25, 0.3) is 0 Å². The van der Waals surface area contributed by atoms with Gasteiger partial charge in [-0.3, -0.25) is 4.79 Å². The molecule has 0 bridgehead atoms. The van der Waals surface area contributed by atoms with Gasteiger partial charge in [0.15, 0.2) is 6.61 Å². The number of amides is 1. The van der Waals surface area contributed by atoms with Crippen molar-refractivity contribution in [1.82, 2.24) is 0 Å². The fourth-order valence-corrected chi connectivity index (χ4v) is 5.22. The average molecular weight is 441 g/mol. The van der Waals surface area contributed by atoms with Crippen molar-refractivity contribution in [1.29, 1.82) is 5.26 Å². The van der Waals surface area contributed by atoms with Crippen molar-refractivity contribution in [2.45, 2.75) is 59.3 Å². The van der Waals surface area contributed by atoms with Gasteiger partial charge in [-0.25, -0.2) is 0 Å². The minimum absolute atomic E-state index is 0.0965. The highest BCUT2D eigenvalue weighted by Gasteiger charge is 2.24. The van der Waals surface area contributed by atoms with Crippen LogP contribution in [0.3, 0.4) is 0 Å². The van der Waals surface area contributed by atoms with E-state index in [4.69, 9.17) is 17.0 Å². The maximum absolute atomic E-state index is 12.6. The third-order valence-electron chi connectivity index (χ3n) is 5.44. The molecule has 0 radical (unpaired) electrons. The first-order valence-electron chi connectivity index (χ1n) is 10.2. The molecule has 6 heteroatoms. The van der Waals surface area contributed by atoms with Crippen molar-refractivity contribution in [2.75, 3.05) is 11.9 Å². The van der Waals surface area contributed by atoms with Gasteiger partial charge >= 0.3 is 0 Å². The zero-order valence-corrected chi connectivity index (χ0v) is 19.9. The van der Waals surface area contributed by atoms with E-state index in [0.717, 1.165) is 45.3 Å². The number of hydrogen-bond donors (Lipinski definition) is 1. The molecular weight excluding hydrogens is 412 g/mol. The Kier molecular flexibility index (Phi) is 6.64. The van der Waals surface area contributed by atoms with E-state index < -0.39 is 0 Å². The van der Waals surface area contributed by atoms with Crippen LogP contribution < -0.4 is 10.1 Å². The molecule has 1 heterocycles. The van der Waals surface area contributed by atoms with Crippen LogP contribution in [0, 0.1) is 28.0 Å². The fourth-order valence-electron chi connectivity index (χ4n) is 3.81. The molecule has 158 valence electrons. The van der Waals surface area contributed by atoms with Gasteiger partial charge in [0.2, 0.25) is 0 Å². The van der Waals surface area contributed by atoms with E-state index in [2.05, 4.69) is 45.1 Å². The molecule has 1 aliphatic rings. The predicted octanol–water partition coefficient (Wildman–Crippen LogP) is 6.10. The summed E-state index contributed by atoms with van der Waals surface area (Å²) in [4.78, 5) is 12.6. The first-order chi connectivity index (χ1) is 14.1. The SMILES string of the molecule is Cc1ccc(OCC(=O)Nc2sc(=S)c3c(c2C#N)CCC(C)C3)c(C(C)(C)C)c1. The van der Waals surface area contributed by atoms with Gasteiger partial charge in [0, 0.05) is 0 Å². The number of benzene rings is 1. The quantitative estimate of drug-likeness (QED) is 0.584. The first-order valence-corrected chi connectivity index (χ1v) is 11.5. The molecule has 1 aromatic heterocycles. The van der Waals surface area contributed by atoms with Crippen LogP contribution in [-0.4, -0.2) is 12.5 Å². The highest BCUT2D eigenvalue weighted by atomic mass is 32.1. The number of fused-ring (bicyclic) bond motifs is 1. The number of nitriles is 1. The smallest absolute Gasteiger partial charge is 0.262 e. The summed E-state index contributed by atoms with van der Waals surface area (Å²) in [5, 5.41) is 13.1. The van der Waals surface area contributed by atoms with E-state index >= 15 is 0 Å². The lowest BCUT2D eigenvalue weighted by molar-refractivity contribution is -0.118. The Hall–Kier alpha value is -2.23.